The van der Waals surface area contributed by atoms with E-state index in [1.807, 2.05) is 6.92 Å². The molecule has 0 saturated carbocycles. The summed E-state index contributed by atoms with van der Waals surface area (Å²) in [5.41, 5.74) is 10.4. The van der Waals surface area contributed by atoms with E-state index in [-0.39, 0.29) is 0 Å². The average Bonchev–Trinajstić information content (AvgIpc) is 2.27. The van der Waals surface area contributed by atoms with Crippen molar-refractivity contribution in [2.24, 2.45) is 11.5 Å². The van der Waals surface area contributed by atoms with Gasteiger partial charge in [-0.1, -0.05) is 6.92 Å². The second kappa shape index (κ2) is 5.44. The van der Waals surface area contributed by atoms with Gasteiger partial charge in [-0.2, -0.15) is 0 Å². The van der Waals surface area contributed by atoms with Crippen molar-refractivity contribution >= 4 is 5.91 Å². The van der Waals surface area contributed by atoms with Gasteiger partial charge in [-0.3, -0.25) is 4.79 Å². The van der Waals surface area contributed by atoms with Gasteiger partial charge in [0.1, 0.15) is 11.7 Å². The third-order valence-corrected chi connectivity index (χ3v) is 2.74. The average molecular weight is 216 g/mol. The third-order valence-electron chi connectivity index (χ3n) is 2.74. The zero-order valence-corrected chi connectivity index (χ0v) is 9.20. The second-order valence-corrected chi connectivity index (χ2v) is 3.96. The molecule has 1 saturated heterocycles. The molecular weight excluding hydrogens is 196 g/mol. The lowest BCUT2D eigenvalue weighted by atomic mass is 9.96. The van der Waals surface area contributed by atoms with Gasteiger partial charge in [-0.05, 0) is 19.3 Å². The number of carbonyl (C=O) groups is 1. The van der Waals surface area contributed by atoms with E-state index in [1.165, 1.54) is 0 Å². The van der Waals surface area contributed by atoms with Gasteiger partial charge in [0.15, 0.2) is 0 Å². The lowest BCUT2D eigenvalue weighted by Gasteiger charge is -2.37. The minimum absolute atomic E-state index is 0.358. The summed E-state index contributed by atoms with van der Waals surface area (Å²) in [6, 6.07) is 0. The highest BCUT2D eigenvalue weighted by atomic mass is 16.6. The Morgan fingerprint density at radius 1 is 1.67 bits per heavy atom. The molecule has 0 aromatic carbocycles. The second-order valence-electron chi connectivity index (χ2n) is 3.96. The lowest BCUT2D eigenvalue weighted by Crippen LogP contribution is -2.52. The van der Waals surface area contributed by atoms with Crippen LogP contribution in [0.1, 0.15) is 26.2 Å². The van der Waals surface area contributed by atoms with Gasteiger partial charge in [0.05, 0.1) is 6.61 Å². The monoisotopic (exact) mass is 216 g/mol. The van der Waals surface area contributed by atoms with Crippen LogP contribution in [0.2, 0.25) is 0 Å². The number of carbonyl (C=O) groups excluding carboxylic acids is 1. The summed E-state index contributed by atoms with van der Waals surface area (Å²) < 4.78 is 11.1. The number of ether oxygens (including phenoxy) is 2. The van der Waals surface area contributed by atoms with Crippen LogP contribution in [0.15, 0.2) is 0 Å². The molecule has 2 unspecified atom stereocenters. The van der Waals surface area contributed by atoms with E-state index < -0.39 is 17.6 Å². The maximum absolute atomic E-state index is 11.1. The van der Waals surface area contributed by atoms with Gasteiger partial charge in [0.25, 0.3) is 0 Å². The van der Waals surface area contributed by atoms with Crippen LogP contribution in [0, 0.1) is 0 Å². The highest BCUT2D eigenvalue weighted by Crippen LogP contribution is 2.24. The molecule has 2 atom stereocenters. The Labute approximate surface area is 90.1 Å². The van der Waals surface area contributed by atoms with Gasteiger partial charge in [-0.15, -0.1) is 0 Å². The molecule has 1 rings (SSSR count). The normalized spacial score (nSPS) is 28.7. The molecule has 1 heterocycles. The van der Waals surface area contributed by atoms with Crippen molar-refractivity contribution in [1.29, 1.82) is 0 Å². The number of amides is 1. The van der Waals surface area contributed by atoms with Crippen molar-refractivity contribution in [2.45, 2.75) is 37.9 Å². The molecule has 5 nitrogen and oxygen atoms in total. The fraction of sp³-hybridized carbons (Fsp3) is 0.900. The van der Waals surface area contributed by atoms with Crippen LogP contribution in [0.25, 0.3) is 0 Å². The number of hydrogen-bond acceptors (Lipinski definition) is 4. The van der Waals surface area contributed by atoms with Crippen LogP contribution in [-0.2, 0) is 14.3 Å². The fourth-order valence-corrected chi connectivity index (χ4v) is 1.77. The first-order valence-corrected chi connectivity index (χ1v) is 5.38. The van der Waals surface area contributed by atoms with Crippen molar-refractivity contribution < 1.29 is 14.3 Å². The van der Waals surface area contributed by atoms with Gasteiger partial charge < -0.3 is 20.9 Å². The number of primary amides is 1. The van der Waals surface area contributed by atoms with E-state index in [0.29, 0.717) is 19.6 Å². The summed E-state index contributed by atoms with van der Waals surface area (Å²) >= 11 is 0. The van der Waals surface area contributed by atoms with Gasteiger partial charge >= 0.3 is 0 Å². The maximum Gasteiger partial charge on any atom is 0.246 e. The molecule has 0 spiro atoms. The zero-order valence-electron chi connectivity index (χ0n) is 9.20. The summed E-state index contributed by atoms with van der Waals surface area (Å²) in [5.74, 6) is -0.434. The molecule has 5 heteroatoms. The summed E-state index contributed by atoms with van der Waals surface area (Å²) in [6.45, 7) is 3.41. The third kappa shape index (κ3) is 3.15. The first kappa shape index (κ1) is 12.4. The van der Waals surface area contributed by atoms with Crippen LogP contribution in [0.5, 0.6) is 0 Å². The fourth-order valence-electron chi connectivity index (χ4n) is 1.77. The highest BCUT2D eigenvalue weighted by molar-refractivity contribution is 5.78. The van der Waals surface area contributed by atoms with E-state index in [9.17, 15) is 4.79 Å². The molecule has 0 radical (unpaired) electrons. The molecule has 1 aliphatic rings. The van der Waals surface area contributed by atoms with Crippen LogP contribution in [0.3, 0.4) is 0 Å². The highest BCUT2D eigenvalue weighted by Gasteiger charge is 2.36. The topological polar surface area (TPSA) is 87.6 Å². The Morgan fingerprint density at radius 2 is 2.40 bits per heavy atom. The molecule has 88 valence electrons. The first-order valence-electron chi connectivity index (χ1n) is 5.38. The summed E-state index contributed by atoms with van der Waals surface area (Å²) in [7, 11) is 0. The standard InChI is InChI=1S/C10H20N2O3/c1-2-8(9(12)13)15-10(6-11)4-3-5-14-7-10/h8H,2-7,11H2,1H3,(H2,12,13). The minimum Gasteiger partial charge on any atom is -0.378 e. The quantitative estimate of drug-likeness (QED) is 0.664. The Bertz CT molecular complexity index is 215. The van der Waals surface area contributed by atoms with Crippen LogP contribution in [0.4, 0.5) is 0 Å². The summed E-state index contributed by atoms with van der Waals surface area (Å²) in [5, 5.41) is 0. The Morgan fingerprint density at radius 3 is 2.80 bits per heavy atom. The molecule has 15 heavy (non-hydrogen) atoms. The summed E-state index contributed by atoms with van der Waals surface area (Å²) in [6.07, 6.45) is 1.74. The molecule has 1 amide bonds. The zero-order chi connectivity index (χ0) is 11.3. The van der Waals surface area contributed by atoms with Gasteiger partial charge in [-0.25, -0.2) is 0 Å². The molecular formula is C10H20N2O3. The summed E-state index contributed by atoms with van der Waals surface area (Å²) in [4.78, 5) is 11.1. The van der Waals surface area contributed by atoms with Crippen molar-refractivity contribution in [3.8, 4) is 0 Å². The smallest absolute Gasteiger partial charge is 0.246 e. The molecule has 0 aliphatic carbocycles. The lowest BCUT2D eigenvalue weighted by molar-refractivity contribution is -0.166. The molecule has 1 aliphatic heterocycles. The van der Waals surface area contributed by atoms with Crippen molar-refractivity contribution in [2.75, 3.05) is 19.8 Å². The van der Waals surface area contributed by atoms with Crippen molar-refractivity contribution in [1.82, 2.24) is 0 Å². The molecule has 0 aromatic heterocycles. The van der Waals surface area contributed by atoms with E-state index in [4.69, 9.17) is 20.9 Å². The molecule has 0 aromatic rings. The predicted octanol–water partition coefficient (Wildman–Crippen LogP) is -0.225. The van der Waals surface area contributed by atoms with Crippen LogP contribution in [-0.4, -0.2) is 37.4 Å². The Balaban J connectivity index is 2.61. The van der Waals surface area contributed by atoms with E-state index in [0.717, 1.165) is 19.4 Å². The Hall–Kier alpha value is -0.650. The van der Waals surface area contributed by atoms with Crippen molar-refractivity contribution in [3.63, 3.8) is 0 Å². The molecule has 4 N–H and O–H groups in total. The SMILES string of the molecule is CCC(OC1(CN)CCCOC1)C(N)=O. The van der Waals surface area contributed by atoms with Crippen LogP contribution >= 0.6 is 0 Å². The van der Waals surface area contributed by atoms with Crippen molar-refractivity contribution in [3.05, 3.63) is 0 Å². The largest absolute Gasteiger partial charge is 0.378 e. The molecule has 0 bridgehead atoms. The predicted molar refractivity (Wildman–Crippen MR) is 56.2 cm³/mol. The minimum atomic E-state index is -0.560. The van der Waals surface area contributed by atoms with Crippen LogP contribution < -0.4 is 11.5 Å². The van der Waals surface area contributed by atoms with Gasteiger partial charge in [0, 0.05) is 13.2 Å². The van der Waals surface area contributed by atoms with E-state index in [2.05, 4.69) is 0 Å². The first-order chi connectivity index (χ1) is 7.13. The Kier molecular flexibility index (Phi) is 4.50. The van der Waals surface area contributed by atoms with Gasteiger partial charge in [0.2, 0.25) is 5.91 Å². The number of hydrogen-bond donors (Lipinski definition) is 2. The van der Waals surface area contributed by atoms with E-state index in [1.54, 1.807) is 0 Å². The molecule has 1 fully saturated rings. The number of rotatable bonds is 5. The number of nitrogens with two attached hydrogens (primary N) is 2. The van der Waals surface area contributed by atoms with E-state index >= 15 is 0 Å². The maximum atomic E-state index is 11.1.